The number of carbonyl (C=O) groups excluding carboxylic acids is 1. The molecule has 0 aliphatic heterocycles. The standard InChI is InChI=1S/C21H25N3O2/c1-13(2)20(21-22-16-7-5-6-8-17(16)23-21)24-19(25)12-15-10-9-14(3)18(11-15)26-4/h5-11,13,20H,12H2,1-4H3,(H,22,23)(H,24,25)/t20-/m0/s1. The fourth-order valence-corrected chi connectivity index (χ4v) is 3.05. The smallest absolute Gasteiger partial charge is 0.225 e. The number of amides is 1. The Labute approximate surface area is 153 Å². The lowest BCUT2D eigenvalue weighted by atomic mass is 10.0. The van der Waals surface area contributed by atoms with Crippen molar-refractivity contribution in [2.75, 3.05) is 7.11 Å². The molecule has 3 rings (SSSR count). The molecule has 1 atom stereocenters. The first-order chi connectivity index (χ1) is 12.5. The topological polar surface area (TPSA) is 67.0 Å². The number of aromatic nitrogens is 2. The van der Waals surface area contributed by atoms with Crippen LogP contribution in [-0.4, -0.2) is 23.0 Å². The van der Waals surface area contributed by atoms with E-state index in [1.807, 2.05) is 49.4 Å². The third-order valence-electron chi connectivity index (χ3n) is 4.52. The second-order valence-corrected chi connectivity index (χ2v) is 6.91. The zero-order valence-electron chi connectivity index (χ0n) is 15.7. The van der Waals surface area contributed by atoms with Crippen molar-refractivity contribution >= 4 is 16.9 Å². The lowest BCUT2D eigenvalue weighted by Crippen LogP contribution is -2.33. The van der Waals surface area contributed by atoms with Crippen LogP contribution >= 0.6 is 0 Å². The van der Waals surface area contributed by atoms with E-state index in [1.54, 1.807) is 7.11 Å². The van der Waals surface area contributed by atoms with E-state index in [9.17, 15) is 4.79 Å². The van der Waals surface area contributed by atoms with Crippen molar-refractivity contribution in [2.24, 2.45) is 5.92 Å². The SMILES string of the molecule is COc1cc(CC(=O)N[C@H](c2nc3ccccc3[nH]2)C(C)C)ccc1C. The summed E-state index contributed by atoms with van der Waals surface area (Å²) in [6.45, 7) is 6.14. The predicted octanol–water partition coefficient (Wildman–Crippen LogP) is 3.94. The molecule has 26 heavy (non-hydrogen) atoms. The molecule has 0 spiro atoms. The van der Waals surface area contributed by atoms with Crippen LogP contribution in [0.25, 0.3) is 11.0 Å². The van der Waals surface area contributed by atoms with Gasteiger partial charge in [-0.25, -0.2) is 4.98 Å². The number of nitrogens with zero attached hydrogens (tertiary/aromatic N) is 1. The molecule has 0 bridgehead atoms. The monoisotopic (exact) mass is 351 g/mol. The molecule has 1 amide bonds. The molecule has 0 aliphatic rings. The maximum atomic E-state index is 12.6. The molecule has 5 heteroatoms. The Balaban J connectivity index is 1.76. The summed E-state index contributed by atoms with van der Waals surface area (Å²) in [7, 11) is 1.64. The summed E-state index contributed by atoms with van der Waals surface area (Å²) in [5.41, 5.74) is 3.87. The lowest BCUT2D eigenvalue weighted by Gasteiger charge is -2.20. The van der Waals surface area contributed by atoms with Crippen molar-refractivity contribution in [2.45, 2.75) is 33.2 Å². The average Bonchev–Trinajstić information content (AvgIpc) is 3.04. The maximum absolute atomic E-state index is 12.6. The van der Waals surface area contributed by atoms with E-state index < -0.39 is 0 Å². The van der Waals surface area contributed by atoms with Gasteiger partial charge >= 0.3 is 0 Å². The highest BCUT2D eigenvalue weighted by molar-refractivity contribution is 5.79. The highest BCUT2D eigenvalue weighted by Crippen LogP contribution is 2.23. The second kappa shape index (κ2) is 7.60. The normalized spacial score (nSPS) is 12.3. The summed E-state index contributed by atoms with van der Waals surface area (Å²) in [6.07, 6.45) is 0.306. The minimum absolute atomic E-state index is 0.0323. The summed E-state index contributed by atoms with van der Waals surface area (Å²) in [4.78, 5) is 20.6. The Hall–Kier alpha value is -2.82. The van der Waals surface area contributed by atoms with Gasteiger partial charge in [0.1, 0.15) is 11.6 Å². The predicted molar refractivity (Wildman–Crippen MR) is 103 cm³/mol. The molecule has 0 fully saturated rings. The molecule has 0 unspecified atom stereocenters. The molecule has 2 aromatic carbocycles. The number of para-hydroxylation sites is 2. The summed E-state index contributed by atoms with van der Waals surface area (Å²) >= 11 is 0. The number of nitrogens with one attached hydrogen (secondary N) is 2. The number of imidazole rings is 1. The minimum atomic E-state index is -0.165. The molecule has 3 aromatic rings. The van der Waals surface area contributed by atoms with Crippen LogP contribution in [0.1, 0.15) is 36.8 Å². The van der Waals surface area contributed by atoms with Crippen molar-refractivity contribution in [1.29, 1.82) is 0 Å². The highest BCUT2D eigenvalue weighted by Gasteiger charge is 2.22. The maximum Gasteiger partial charge on any atom is 0.225 e. The van der Waals surface area contributed by atoms with Gasteiger partial charge in [-0.3, -0.25) is 4.79 Å². The second-order valence-electron chi connectivity index (χ2n) is 6.91. The summed E-state index contributed by atoms with van der Waals surface area (Å²) in [5, 5.41) is 3.12. The number of aryl methyl sites for hydroxylation is 1. The number of ether oxygens (including phenoxy) is 1. The number of hydrogen-bond acceptors (Lipinski definition) is 3. The number of fused-ring (bicyclic) bond motifs is 1. The molecule has 0 radical (unpaired) electrons. The van der Waals surface area contributed by atoms with Crippen LogP contribution in [0.4, 0.5) is 0 Å². The van der Waals surface area contributed by atoms with Crippen LogP contribution in [-0.2, 0) is 11.2 Å². The third kappa shape index (κ3) is 3.87. The van der Waals surface area contributed by atoms with E-state index in [0.717, 1.165) is 33.7 Å². The van der Waals surface area contributed by atoms with Gasteiger partial charge in [0.05, 0.1) is 30.6 Å². The van der Waals surface area contributed by atoms with Crippen molar-refractivity contribution < 1.29 is 9.53 Å². The Morgan fingerprint density at radius 3 is 2.69 bits per heavy atom. The number of carbonyl (C=O) groups is 1. The van der Waals surface area contributed by atoms with Crippen LogP contribution in [0.3, 0.4) is 0 Å². The molecule has 2 N–H and O–H groups in total. The van der Waals surface area contributed by atoms with Gasteiger partial charge in [-0.2, -0.15) is 0 Å². The Kier molecular flexibility index (Phi) is 5.26. The van der Waals surface area contributed by atoms with E-state index >= 15 is 0 Å². The molecule has 1 aromatic heterocycles. The van der Waals surface area contributed by atoms with Crippen LogP contribution in [0.5, 0.6) is 5.75 Å². The molecular formula is C21H25N3O2. The fraction of sp³-hybridized carbons (Fsp3) is 0.333. The average molecular weight is 351 g/mol. The quantitative estimate of drug-likeness (QED) is 0.707. The summed E-state index contributed by atoms with van der Waals surface area (Å²) < 4.78 is 5.34. The summed E-state index contributed by atoms with van der Waals surface area (Å²) in [5.74, 6) is 1.77. The Bertz CT molecular complexity index is 882. The molecule has 5 nitrogen and oxygen atoms in total. The van der Waals surface area contributed by atoms with E-state index in [0.29, 0.717) is 6.42 Å². The number of aromatic amines is 1. The van der Waals surface area contributed by atoms with Gasteiger partial charge in [-0.1, -0.05) is 38.1 Å². The van der Waals surface area contributed by atoms with Gasteiger partial charge in [-0.05, 0) is 42.2 Å². The number of methoxy groups -OCH3 is 1. The van der Waals surface area contributed by atoms with Crippen molar-refractivity contribution in [3.63, 3.8) is 0 Å². The number of hydrogen-bond donors (Lipinski definition) is 2. The van der Waals surface area contributed by atoms with Crippen LogP contribution in [0, 0.1) is 12.8 Å². The van der Waals surface area contributed by atoms with Gasteiger partial charge in [0.25, 0.3) is 0 Å². The zero-order chi connectivity index (χ0) is 18.7. The first-order valence-electron chi connectivity index (χ1n) is 8.85. The van der Waals surface area contributed by atoms with Gasteiger partial charge < -0.3 is 15.0 Å². The Morgan fingerprint density at radius 2 is 2.00 bits per heavy atom. The lowest BCUT2D eigenvalue weighted by molar-refractivity contribution is -0.121. The minimum Gasteiger partial charge on any atom is -0.496 e. The van der Waals surface area contributed by atoms with Crippen molar-refractivity contribution in [3.8, 4) is 5.75 Å². The Morgan fingerprint density at radius 1 is 1.23 bits per heavy atom. The zero-order valence-corrected chi connectivity index (χ0v) is 15.7. The van der Waals surface area contributed by atoms with Crippen molar-refractivity contribution in [3.05, 3.63) is 59.4 Å². The van der Waals surface area contributed by atoms with Crippen molar-refractivity contribution in [1.82, 2.24) is 15.3 Å². The first kappa shape index (κ1) is 18.0. The fourth-order valence-electron chi connectivity index (χ4n) is 3.05. The van der Waals surface area contributed by atoms with Crippen LogP contribution < -0.4 is 10.1 Å². The summed E-state index contributed by atoms with van der Waals surface area (Å²) in [6, 6.07) is 13.6. The van der Waals surface area contributed by atoms with E-state index in [1.165, 1.54) is 0 Å². The molecule has 1 heterocycles. The van der Waals surface area contributed by atoms with E-state index in [4.69, 9.17) is 4.74 Å². The molecule has 0 saturated heterocycles. The molecule has 0 aliphatic carbocycles. The van der Waals surface area contributed by atoms with E-state index in [2.05, 4.69) is 29.1 Å². The van der Waals surface area contributed by atoms with Crippen LogP contribution in [0.2, 0.25) is 0 Å². The third-order valence-corrected chi connectivity index (χ3v) is 4.52. The van der Waals surface area contributed by atoms with Gasteiger partial charge in [0.2, 0.25) is 5.91 Å². The van der Waals surface area contributed by atoms with E-state index in [-0.39, 0.29) is 17.9 Å². The highest BCUT2D eigenvalue weighted by atomic mass is 16.5. The van der Waals surface area contributed by atoms with Gasteiger partial charge in [0, 0.05) is 0 Å². The number of rotatable bonds is 6. The van der Waals surface area contributed by atoms with Gasteiger partial charge in [0.15, 0.2) is 0 Å². The number of benzene rings is 2. The molecular weight excluding hydrogens is 326 g/mol. The largest absolute Gasteiger partial charge is 0.496 e. The van der Waals surface area contributed by atoms with Gasteiger partial charge in [-0.15, -0.1) is 0 Å². The van der Waals surface area contributed by atoms with Crippen LogP contribution in [0.15, 0.2) is 42.5 Å². The number of H-pyrrole nitrogens is 1. The molecule has 136 valence electrons. The first-order valence-corrected chi connectivity index (χ1v) is 8.85. The molecule has 0 saturated carbocycles.